The minimum atomic E-state index is -2.87. The van der Waals surface area contributed by atoms with Gasteiger partial charge in [0, 0.05) is 18.0 Å². The Morgan fingerprint density at radius 3 is 2.42 bits per heavy atom. The molecule has 0 aliphatic rings. The predicted octanol–water partition coefficient (Wildman–Crippen LogP) is 3.02. The SMILES string of the molecule is CCN(CC(C)C(N)=S)CC(F)(F)c1ccccc1. The number of nitrogens with two attached hydrogens (primary N) is 1. The number of halogens is 2. The summed E-state index contributed by atoms with van der Waals surface area (Å²) in [6.07, 6.45) is 0. The maximum absolute atomic E-state index is 14.1. The van der Waals surface area contributed by atoms with Crippen molar-refractivity contribution in [3.05, 3.63) is 35.9 Å². The molecule has 0 saturated carbocycles. The van der Waals surface area contributed by atoms with Crippen LogP contribution < -0.4 is 5.73 Å². The van der Waals surface area contributed by atoms with E-state index in [-0.39, 0.29) is 18.0 Å². The van der Waals surface area contributed by atoms with Gasteiger partial charge in [0.1, 0.15) is 0 Å². The van der Waals surface area contributed by atoms with E-state index >= 15 is 0 Å². The summed E-state index contributed by atoms with van der Waals surface area (Å²) in [5.74, 6) is -2.94. The number of hydrogen-bond acceptors (Lipinski definition) is 2. The van der Waals surface area contributed by atoms with Gasteiger partial charge in [0.25, 0.3) is 5.92 Å². The van der Waals surface area contributed by atoms with E-state index in [9.17, 15) is 8.78 Å². The van der Waals surface area contributed by atoms with Crippen LogP contribution in [-0.2, 0) is 5.92 Å². The first-order valence-corrected chi connectivity index (χ1v) is 6.72. The Morgan fingerprint density at radius 1 is 1.37 bits per heavy atom. The molecule has 1 rings (SSSR count). The topological polar surface area (TPSA) is 29.3 Å². The first-order chi connectivity index (χ1) is 8.86. The molecular formula is C14H20F2N2S. The van der Waals surface area contributed by atoms with Gasteiger partial charge in [0.2, 0.25) is 0 Å². The third-order valence-electron chi connectivity index (χ3n) is 3.08. The molecule has 106 valence electrons. The molecule has 0 heterocycles. The highest BCUT2D eigenvalue weighted by atomic mass is 32.1. The van der Waals surface area contributed by atoms with Crippen LogP contribution in [0.5, 0.6) is 0 Å². The number of thiocarbonyl (C=S) groups is 1. The average molecular weight is 286 g/mol. The van der Waals surface area contributed by atoms with Crippen LogP contribution in [0.25, 0.3) is 0 Å². The molecule has 1 aromatic rings. The van der Waals surface area contributed by atoms with Gasteiger partial charge in [-0.3, -0.25) is 4.90 Å². The molecule has 1 unspecified atom stereocenters. The van der Waals surface area contributed by atoms with Crippen molar-refractivity contribution in [2.45, 2.75) is 19.8 Å². The minimum absolute atomic E-state index is 0.0384. The lowest BCUT2D eigenvalue weighted by Crippen LogP contribution is -2.40. The Hall–Kier alpha value is -1.07. The van der Waals surface area contributed by atoms with E-state index in [2.05, 4.69) is 0 Å². The summed E-state index contributed by atoms with van der Waals surface area (Å²) in [5, 5.41) is 0. The molecule has 2 nitrogen and oxygen atoms in total. The Kier molecular flexibility index (Phi) is 5.82. The Morgan fingerprint density at radius 2 is 1.95 bits per heavy atom. The quantitative estimate of drug-likeness (QED) is 0.781. The average Bonchev–Trinajstić information content (AvgIpc) is 2.38. The van der Waals surface area contributed by atoms with Crippen LogP contribution in [0.3, 0.4) is 0 Å². The van der Waals surface area contributed by atoms with Crippen LogP contribution in [0.15, 0.2) is 30.3 Å². The summed E-state index contributed by atoms with van der Waals surface area (Å²) >= 11 is 4.88. The van der Waals surface area contributed by atoms with Crippen molar-refractivity contribution < 1.29 is 8.78 Å². The van der Waals surface area contributed by atoms with Crippen molar-refractivity contribution in [2.24, 2.45) is 11.7 Å². The van der Waals surface area contributed by atoms with Crippen LogP contribution in [0.2, 0.25) is 0 Å². The van der Waals surface area contributed by atoms with E-state index in [1.54, 1.807) is 23.1 Å². The zero-order valence-electron chi connectivity index (χ0n) is 11.3. The fourth-order valence-electron chi connectivity index (χ4n) is 1.84. The van der Waals surface area contributed by atoms with Gasteiger partial charge in [-0.25, -0.2) is 0 Å². The Balaban J connectivity index is 2.72. The molecule has 2 N–H and O–H groups in total. The molecule has 0 radical (unpaired) electrons. The van der Waals surface area contributed by atoms with E-state index in [1.165, 1.54) is 12.1 Å². The highest BCUT2D eigenvalue weighted by Gasteiger charge is 2.33. The summed E-state index contributed by atoms with van der Waals surface area (Å²) in [7, 11) is 0. The molecule has 0 aromatic heterocycles. The summed E-state index contributed by atoms with van der Waals surface area (Å²) in [6, 6.07) is 7.87. The van der Waals surface area contributed by atoms with Gasteiger partial charge < -0.3 is 5.73 Å². The van der Waals surface area contributed by atoms with Crippen molar-refractivity contribution in [3.8, 4) is 0 Å². The van der Waals surface area contributed by atoms with Crippen LogP contribution in [0.4, 0.5) is 8.78 Å². The number of likely N-dealkylation sites (N-methyl/N-ethyl adjacent to an activating group) is 1. The number of nitrogens with zero attached hydrogens (tertiary/aromatic N) is 1. The van der Waals surface area contributed by atoms with E-state index in [1.807, 2.05) is 13.8 Å². The van der Waals surface area contributed by atoms with Gasteiger partial charge in [-0.15, -0.1) is 0 Å². The van der Waals surface area contributed by atoms with Gasteiger partial charge in [-0.1, -0.05) is 56.4 Å². The largest absolute Gasteiger partial charge is 0.393 e. The van der Waals surface area contributed by atoms with Crippen LogP contribution in [0.1, 0.15) is 19.4 Å². The van der Waals surface area contributed by atoms with Crippen LogP contribution >= 0.6 is 12.2 Å². The molecular weight excluding hydrogens is 266 g/mol. The van der Waals surface area contributed by atoms with Gasteiger partial charge in [-0.05, 0) is 6.54 Å². The van der Waals surface area contributed by atoms with Gasteiger partial charge in [0.15, 0.2) is 0 Å². The van der Waals surface area contributed by atoms with Crippen molar-refractivity contribution in [1.82, 2.24) is 4.90 Å². The molecule has 0 amide bonds. The molecule has 19 heavy (non-hydrogen) atoms. The van der Waals surface area contributed by atoms with Crippen molar-refractivity contribution in [1.29, 1.82) is 0 Å². The molecule has 0 fully saturated rings. The summed E-state index contributed by atoms with van der Waals surface area (Å²) in [5.41, 5.74) is 5.57. The highest BCUT2D eigenvalue weighted by molar-refractivity contribution is 7.80. The second-order valence-electron chi connectivity index (χ2n) is 4.70. The molecule has 0 aliphatic carbocycles. The Bertz CT molecular complexity index is 409. The molecule has 0 saturated heterocycles. The maximum Gasteiger partial charge on any atom is 0.285 e. The summed E-state index contributed by atoms with van der Waals surface area (Å²) in [6.45, 7) is 4.38. The normalized spacial score (nSPS) is 13.5. The number of alkyl halides is 2. The van der Waals surface area contributed by atoms with Crippen LogP contribution in [0, 0.1) is 5.92 Å². The summed E-state index contributed by atoms with van der Waals surface area (Å²) in [4.78, 5) is 2.04. The molecule has 0 aliphatic heterocycles. The number of rotatable bonds is 7. The smallest absolute Gasteiger partial charge is 0.285 e. The van der Waals surface area contributed by atoms with E-state index in [0.29, 0.717) is 18.1 Å². The van der Waals surface area contributed by atoms with E-state index < -0.39 is 5.92 Å². The summed E-state index contributed by atoms with van der Waals surface area (Å²) < 4.78 is 28.3. The van der Waals surface area contributed by atoms with Gasteiger partial charge >= 0.3 is 0 Å². The predicted molar refractivity (Wildman–Crippen MR) is 78.4 cm³/mol. The molecule has 0 spiro atoms. The molecule has 0 bridgehead atoms. The maximum atomic E-state index is 14.1. The van der Waals surface area contributed by atoms with Gasteiger partial charge in [0.05, 0.1) is 11.5 Å². The monoisotopic (exact) mass is 286 g/mol. The highest BCUT2D eigenvalue weighted by Crippen LogP contribution is 2.28. The van der Waals surface area contributed by atoms with Crippen molar-refractivity contribution >= 4 is 17.2 Å². The third-order valence-corrected chi connectivity index (χ3v) is 3.49. The molecule has 1 atom stereocenters. The van der Waals surface area contributed by atoms with E-state index in [0.717, 1.165) is 0 Å². The van der Waals surface area contributed by atoms with E-state index in [4.69, 9.17) is 18.0 Å². The first kappa shape index (κ1) is 16.0. The fourth-order valence-corrected chi connectivity index (χ4v) is 1.91. The van der Waals surface area contributed by atoms with Crippen molar-refractivity contribution in [2.75, 3.05) is 19.6 Å². The third kappa shape index (κ3) is 4.84. The lowest BCUT2D eigenvalue weighted by Gasteiger charge is -2.28. The lowest BCUT2D eigenvalue weighted by atomic mass is 10.1. The fraction of sp³-hybridized carbons (Fsp3) is 0.500. The standard InChI is InChI=1S/C14H20F2N2S/c1-3-18(9-11(2)13(17)19)10-14(15,16)12-7-5-4-6-8-12/h4-8,11H,3,9-10H2,1-2H3,(H2,17,19). The number of benzene rings is 1. The zero-order valence-corrected chi connectivity index (χ0v) is 12.1. The first-order valence-electron chi connectivity index (χ1n) is 6.32. The lowest BCUT2D eigenvalue weighted by molar-refractivity contribution is -0.0380. The number of hydrogen-bond donors (Lipinski definition) is 1. The Labute approximate surface area is 118 Å². The van der Waals surface area contributed by atoms with Crippen molar-refractivity contribution in [3.63, 3.8) is 0 Å². The second kappa shape index (κ2) is 6.91. The van der Waals surface area contributed by atoms with Gasteiger partial charge in [-0.2, -0.15) is 8.78 Å². The molecule has 5 heteroatoms. The second-order valence-corrected chi connectivity index (χ2v) is 5.17. The molecule has 1 aromatic carbocycles. The zero-order chi connectivity index (χ0) is 14.5. The minimum Gasteiger partial charge on any atom is -0.393 e. The van der Waals surface area contributed by atoms with Crippen LogP contribution in [-0.4, -0.2) is 29.5 Å².